The molecular formula is C28H34N4O4S. The van der Waals surface area contributed by atoms with E-state index >= 15 is 0 Å². The van der Waals surface area contributed by atoms with Crippen LogP contribution in [0.1, 0.15) is 67.8 Å². The van der Waals surface area contributed by atoms with Gasteiger partial charge in [-0.1, -0.05) is 6.42 Å². The number of fused-ring (bicyclic) bond motifs is 2. The van der Waals surface area contributed by atoms with Crippen LogP contribution >= 0.6 is 0 Å². The Morgan fingerprint density at radius 3 is 2.27 bits per heavy atom. The summed E-state index contributed by atoms with van der Waals surface area (Å²) in [5.74, 6) is -0.121. The van der Waals surface area contributed by atoms with E-state index in [1.807, 2.05) is 25.2 Å². The zero-order valence-electron chi connectivity index (χ0n) is 21.5. The molecule has 4 aliphatic rings. The second-order valence-electron chi connectivity index (χ2n) is 11.2. The van der Waals surface area contributed by atoms with E-state index in [9.17, 15) is 18.0 Å². The average Bonchev–Trinajstić information content (AvgIpc) is 3.57. The molecule has 2 heterocycles. The van der Waals surface area contributed by atoms with E-state index in [0.29, 0.717) is 22.4 Å². The second kappa shape index (κ2) is 8.48. The highest BCUT2D eigenvalue weighted by Crippen LogP contribution is 2.55. The molecule has 0 atom stereocenters. The SMILES string of the molecule is CCS(=O)(=O)Nc1ccc(C(=O)Nc2ccc3c(c2)C2(CCC2)C(=O)N3C)c(N2CCC3(CC2)CC3)c1. The number of carbonyl (C=O) groups excluding carboxylic acids is 2. The van der Waals surface area contributed by atoms with Crippen LogP contribution in [-0.4, -0.2) is 46.1 Å². The van der Waals surface area contributed by atoms with Gasteiger partial charge in [0.15, 0.2) is 0 Å². The molecule has 3 fully saturated rings. The number of nitrogens with one attached hydrogen (secondary N) is 2. The summed E-state index contributed by atoms with van der Waals surface area (Å²) in [4.78, 5) is 30.5. The van der Waals surface area contributed by atoms with Crippen molar-refractivity contribution in [2.45, 2.75) is 57.3 Å². The third-order valence-corrected chi connectivity index (χ3v) is 10.4. The van der Waals surface area contributed by atoms with Gasteiger partial charge in [-0.05, 0) is 92.8 Å². The molecule has 0 aromatic heterocycles. The molecule has 0 radical (unpaired) electrons. The fourth-order valence-electron chi connectivity index (χ4n) is 6.25. The zero-order chi connectivity index (χ0) is 26.0. The van der Waals surface area contributed by atoms with E-state index in [1.165, 1.54) is 12.8 Å². The Bertz CT molecular complexity index is 1380. The Balaban J connectivity index is 1.29. The lowest BCUT2D eigenvalue weighted by Gasteiger charge is -2.36. The fraction of sp³-hybridized carbons (Fsp3) is 0.500. The Labute approximate surface area is 218 Å². The molecule has 2 aromatic carbocycles. The maximum absolute atomic E-state index is 13.6. The van der Waals surface area contributed by atoms with Gasteiger partial charge in [0.05, 0.1) is 28.1 Å². The number of nitrogens with zero attached hydrogens (tertiary/aromatic N) is 2. The van der Waals surface area contributed by atoms with Crippen LogP contribution in [0, 0.1) is 5.41 Å². The van der Waals surface area contributed by atoms with Gasteiger partial charge in [0.2, 0.25) is 15.9 Å². The molecule has 0 unspecified atom stereocenters. The zero-order valence-corrected chi connectivity index (χ0v) is 22.3. The lowest BCUT2D eigenvalue weighted by atomic mass is 9.65. The van der Waals surface area contributed by atoms with Gasteiger partial charge in [0.1, 0.15) is 0 Å². The first kappa shape index (κ1) is 24.3. The molecule has 2 aromatic rings. The van der Waals surface area contributed by atoms with Crippen LogP contribution in [0.25, 0.3) is 0 Å². The topological polar surface area (TPSA) is 98.8 Å². The third-order valence-electron chi connectivity index (χ3n) is 9.07. The number of hydrogen-bond acceptors (Lipinski definition) is 5. The van der Waals surface area contributed by atoms with Crippen LogP contribution in [0.2, 0.25) is 0 Å². The molecule has 8 nitrogen and oxygen atoms in total. The van der Waals surface area contributed by atoms with E-state index < -0.39 is 15.4 Å². The molecule has 0 bridgehead atoms. The normalized spacial score (nSPS) is 21.1. The molecule has 2 aliphatic heterocycles. The van der Waals surface area contributed by atoms with E-state index in [0.717, 1.165) is 62.1 Å². The predicted molar refractivity (Wildman–Crippen MR) is 146 cm³/mol. The number of likely N-dealkylation sites (N-methyl/N-ethyl adjacent to an activating group) is 1. The van der Waals surface area contributed by atoms with Gasteiger partial charge < -0.3 is 15.1 Å². The summed E-state index contributed by atoms with van der Waals surface area (Å²) >= 11 is 0. The monoisotopic (exact) mass is 522 g/mol. The minimum Gasteiger partial charge on any atom is -0.371 e. The van der Waals surface area contributed by atoms with Crippen molar-refractivity contribution in [1.29, 1.82) is 0 Å². The van der Waals surface area contributed by atoms with Gasteiger partial charge in [0, 0.05) is 31.5 Å². The van der Waals surface area contributed by atoms with Crippen molar-refractivity contribution in [2.24, 2.45) is 5.41 Å². The standard InChI is InChI=1S/C28H34N4O4S/c1-3-37(35,36)30-20-5-7-21(24(18-20)32-15-13-27(11-12-27)14-16-32)25(33)29-19-6-8-23-22(17-19)28(9-4-10-28)26(34)31(23)2/h5-8,17-18,30H,3-4,9-16H2,1-2H3,(H,29,33). The van der Waals surface area contributed by atoms with Crippen molar-refractivity contribution >= 4 is 44.6 Å². The average molecular weight is 523 g/mol. The summed E-state index contributed by atoms with van der Waals surface area (Å²) in [6.45, 7) is 3.29. The van der Waals surface area contributed by atoms with Crippen LogP contribution in [0.15, 0.2) is 36.4 Å². The predicted octanol–water partition coefficient (Wildman–Crippen LogP) is 4.48. The Morgan fingerprint density at radius 2 is 1.65 bits per heavy atom. The first-order valence-corrected chi connectivity index (χ1v) is 14.9. The molecular weight excluding hydrogens is 488 g/mol. The highest BCUT2D eigenvalue weighted by molar-refractivity contribution is 7.92. The number of piperidine rings is 1. The molecule has 2 spiro atoms. The number of sulfonamides is 1. The molecule has 1 saturated heterocycles. The summed E-state index contributed by atoms with van der Waals surface area (Å²) in [5, 5.41) is 3.06. The molecule has 6 rings (SSSR count). The molecule has 2 saturated carbocycles. The molecule has 9 heteroatoms. The van der Waals surface area contributed by atoms with Gasteiger partial charge in [-0.25, -0.2) is 8.42 Å². The first-order chi connectivity index (χ1) is 17.7. The minimum absolute atomic E-state index is 0.0195. The highest BCUT2D eigenvalue weighted by Gasteiger charge is 2.53. The Kier molecular flexibility index (Phi) is 5.56. The lowest BCUT2D eigenvalue weighted by molar-refractivity contribution is -0.125. The summed E-state index contributed by atoms with van der Waals surface area (Å²) in [5.41, 5.74) is 4.33. The summed E-state index contributed by atoms with van der Waals surface area (Å²) in [7, 11) is -1.62. The Hall–Kier alpha value is -3.07. The van der Waals surface area contributed by atoms with Gasteiger partial charge >= 0.3 is 0 Å². The number of benzene rings is 2. The number of amides is 2. The largest absolute Gasteiger partial charge is 0.371 e. The molecule has 37 heavy (non-hydrogen) atoms. The maximum atomic E-state index is 13.6. The van der Waals surface area contributed by atoms with Crippen molar-refractivity contribution in [1.82, 2.24) is 0 Å². The molecule has 2 N–H and O–H groups in total. The fourth-order valence-corrected chi connectivity index (χ4v) is 6.88. The third kappa shape index (κ3) is 4.07. The van der Waals surface area contributed by atoms with E-state index in [1.54, 1.807) is 30.0 Å². The van der Waals surface area contributed by atoms with Crippen molar-refractivity contribution in [3.63, 3.8) is 0 Å². The van der Waals surface area contributed by atoms with Crippen molar-refractivity contribution < 1.29 is 18.0 Å². The first-order valence-electron chi connectivity index (χ1n) is 13.3. The molecule has 196 valence electrons. The van der Waals surface area contributed by atoms with Gasteiger partial charge in [-0.3, -0.25) is 14.3 Å². The van der Waals surface area contributed by atoms with Crippen LogP contribution in [0.5, 0.6) is 0 Å². The van der Waals surface area contributed by atoms with E-state index in [-0.39, 0.29) is 17.6 Å². The molecule has 2 amide bonds. The van der Waals surface area contributed by atoms with Crippen molar-refractivity contribution in [3.8, 4) is 0 Å². The number of rotatable bonds is 6. The summed E-state index contributed by atoms with van der Waals surface area (Å²) < 4.78 is 27.0. The van der Waals surface area contributed by atoms with Crippen LogP contribution < -0.4 is 19.8 Å². The highest BCUT2D eigenvalue weighted by atomic mass is 32.2. The van der Waals surface area contributed by atoms with Gasteiger partial charge in [0.25, 0.3) is 5.91 Å². The van der Waals surface area contributed by atoms with Crippen LogP contribution in [0.3, 0.4) is 0 Å². The minimum atomic E-state index is -3.43. The maximum Gasteiger partial charge on any atom is 0.257 e. The quantitative estimate of drug-likeness (QED) is 0.583. The van der Waals surface area contributed by atoms with E-state index in [2.05, 4.69) is 14.9 Å². The second-order valence-corrected chi connectivity index (χ2v) is 13.2. The number of anilines is 4. The van der Waals surface area contributed by atoms with Crippen LogP contribution in [-0.2, 0) is 20.2 Å². The Morgan fingerprint density at radius 1 is 0.946 bits per heavy atom. The van der Waals surface area contributed by atoms with Crippen LogP contribution in [0.4, 0.5) is 22.7 Å². The van der Waals surface area contributed by atoms with Crippen molar-refractivity contribution in [2.75, 3.05) is 45.7 Å². The lowest BCUT2D eigenvalue weighted by Crippen LogP contribution is -2.43. The summed E-state index contributed by atoms with van der Waals surface area (Å²) in [6.07, 6.45) is 7.46. The molecule has 2 aliphatic carbocycles. The number of hydrogen-bond donors (Lipinski definition) is 2. The van der Waals surface area contributed by atoms with Gasteiger partial charge in [-0.2, -0.15) is 0 Å². The van der Waals surface area contributed by atoms with E-state index in [4.69, 9.17) is 0 Å². The summed E-state index contributed by atoms with van der Waals surface area (Å²) in [6, 6.07) is 10.9. The van der Waals surface area contributed by atoms with Gasteiger partial charge in [-0.15, -0.1) is 0 Å². The van der Waals surface area contributed by atoms with Crippen molar-refractivity contribution in [3.05, 3.63) is 47.5 Å². The number of carbonyl (C=O) groups is 2. The smallest absolute Gasteiger partial charge is 0.257 e.